The lowest BCUT2D eigenvalue weighted by Gasteiger charge is -2.26. The van der Waals surface area contributed by atoms with Crippen molar-refractivity contribution in [3.8, 4) is 5.75 Å². The summed E-state index contributed by atoms with van der Waals surface area (Å²) >= 11 is 0. The zero-order valence-corrected chi connectivity index (χ0v) is 11.3. The Morgan fingerprint density at radius 3 is 2.79 bits per heavy atom. The molecule has 4 heteroatoms. The van der Waals surface area contributed by atoms with Crippen LogP contribution in [0, 0.1) is 0 Å². The van der Waals surface area contributed by atoms with E-state index in [4.69, 9.17) is 9.47 Å². The molecule has 0 spiro atoms. The molecule has 0 atom stereocenters. The Bertz CT molecular complexity index is 544. The first-order chi connectivity index (χ1) is 9.36. The van der Waals surface area contributed by atoms with Crippen molar-refractivity contribution in [2.45, 2.75) is 6.54 Å². The molecule has 0 saturated carbocycles. The van der Waals surface area contributed by atoms with E-state index in [0.717, 1.165) is 45.1 Å². The summed E-state index contributed by atoms with van der Waals surface area (Å²) in [4.78, 5) is 2.45. The van der Waals surface area contributed by atoms with E-state index in [1.807, 2.05) is 6.07 Å². The Morgan fingerprint density at radius 1 is 1.16 bits per heavy atom. The number of rotatable bonds is 4. The number of morpholine rings is 1. The molecule has 1 aromatic carbocycles. The molecule has 0 amide bonds. The van der Waals surface area contributed by atoms with E-state index in [1.165, 1.54) is 10.9 Å². The summed E-state index contributed by atoms with van der Waals surface area (Å²) in [5.74, 6) is 0.916. The second kappa shape index (κ2) is 5.63. The molecule has 0 bridgehead atoms. The Balaban J connectivity index is 1.72. The van der Waals surface area contributed by atoms with Gasteiger partial charge in [-0.05, 0) is 23.6 Å². The topological polar surface area (TPSA) is 26.6 Å². The molecular weight excluding hydrogens is 240 g/mol. The van der Waals surface area contributed by atoms with Crippen LogP contribution >= 0.6 is 0 Å². The van der Waals surface area contributed by atoms with Crippen LogP contribution in [0.1, 0.15) is 0 Å². The third kappa shape index (κ3) is 2.74. The summed E-state index contributed by atoms with van der Waals surface area (Å²) < 4.78 is 13.0. The number of aromatic nitrogens is 1. The summed E-state index contributed by atoms with van der Waals surface area (Å²) in [6.45, 7) is 5.90. The zero-order chi connectivity index (χ0) is 13.1. The van der Waals surface area contributed by atoms with Crippen LogP contribution in [-0.4, -0.2) is 49.4 Å². The van der Waals surface area contributed by atoms with Crippen LogP contribution in [0.2, 0.25) is 0 Å². The number of hydrogen-bond donors (Lipinski definition) is 0. The average Bonchev–Trinajstić information content (AvgIpc) is 2.88. The van der Waals surface area contributed by atoms with Gasteiger partial charge in [0.1, 0.15) is 5.75 Å². The van der Waals surface area contributed by atoms with E-state index >= 15 is 0 Å². The molecule has 0 unspecified atom stereocenters. The normalized spacial score (nSPS) is 16.9. The first-order valence-electron chi connectivity index (χ1n) is 6.80. The fourth-order valence-corrected chi connectivity index (χ4v) is 2.56. The van der Waals surface area contributed by atoms with Gasteiger partial charge in [-0.15, -0.1) is 0 Å². The van der Waals surface area contributed by atoms with E-state index in [2.05, 4.69) is 33.9 Å². The Hall–Kier alpha value is -1.52. The van der Waals surface area contributed by atoms with E-state index in [-0.39, 0.29) is 0 Å². The molecule has 0 N–H and O–H groups in total. The van der Waals surface area contributed by atoms with Crippen molar-refractivity contribution in [3.05, 3.63) is 30.5 Å². The molecule has 1 aliphatic heterocycles. The van der Waals surface area contributed by atoms with E-state index in [1.54, 1.807) is 7.11 Å². The molecule has 1 saturated heterocycles. The number of nitrogens with zero attached hydrogens (tertiary/aromatic N) is 2. The molecule has 0 radical (unpaired) electrons. The second-order valence-corrected chi connectivity index (χ2v) is 4.89. The number of hydrogen-bond acceptors (Lipinski definition) is 3. The highest BCUT2D eigenvalue weighted by molar-refractivity contribution is 5.81. The van der Waals surface area contributed by atoms with Gasteiger partial charge in [0, 0.05) is 38.4 Å². The Labute approximate surface area is 113 Å². The smallest absolute Gasteiger partial charge is 0.120 e. The summed E-state index contributed by atoms with van der Waals surface area (Å²) in [6.07, 6.45) is 2.16. The molecule has 1 aromatic heterocycles. The maximum absolute atomic E-state index is 5.37. The van der Waals surface area contributed by atoms with Crippen LogP contribution < -0.4 is 4.74 Å². The predicted molar refractivity (Wildman–Crippen MR) is 75.7 cm³/mol. The number of benzene rings is 1. The molecule has 1 aliphatic rings. The van der Waals surface area contributed by atoms with Crippen molar-refractivity contribution >= 4 is 10.9 Å². The number of methoxy groups -OCH3 is 1. The molecule has 2 aromatic rings. The van der Waals surface area contributed by atoms with E-state index in [9.17, 15) is 0 Å². The minimum absolute atomic E-state index is 0.861. The minimum atomic E-state index is 0.861. The van der Waals surface area contributed by atoms with Gasteiger partial charge in [-0.25, -0.2) is 0 Å². The first kappa shape index (κ1) is 12.5. The largest absolute Gasteiger partial charge is 0.497 e. The fourth-order valence-electron chi connectivity index (χ4n) is 2.56. The molecule has 19 heavy (non-hydrogen) atoms. The van der Waals surface area contributed by atoms with Gasteiger partial charge in [-0.1, -0.05) is 0 Å². The highest BCUT2D eigenvalue weighted by Crippen LogP contribution is 2.21. The van der Waals surface area contributed by atoms with Crippen LogP contribution in [0.4, 0.5) is 0 Å². The number of fused-ring (bicyclic) bond motifs is 1. The van der Waals surface area contributed by atoms with Gasteiger partial charge in [-0.2, -0.15) is 0 Å². The van der Waals surface area contributed by atoms with E-state index in [0.29, 0.717) is 0 Å². The highest BCUT2D eigenvalue weighted by Gasteiger charge is 2.10. The lowest BCUT2D eigenvalue weighted by atomic mass is 10.2. The van der Waals surface area contributed by atoms with Crippen LogP contribution in [0.3, 0.4) is 0 Å². The van der Waals surface area contributed by atoms with Crippen LogP contribution in [0.25, 0.3) is 10.9 Å². The summed E-state index contributed by atoms with van der Waals surface area (Å²) in [5.41, 5.74) is 1.24. The van der Waals surface area contributed by atoms with Gasteiger partial charge < -0.3 is 14.0 Å². The average molecular weight is 260 g/mol. The van der Waals surface area contributed by atoms with Gasteiger partial charge in [0.05, 0.1) is 25.8 Å². The molecule has 0 aliphatic carbocycles. The van der Waals surface area contributed by atoms with Crippen LogP contribution in [0.5, 0.6) is 5.75 Å². The number of ether oxygens (including phenoxy) is 2. The molecule has 4 nitrogen and oxygen atoms in total. The van der Waals surface area contributed by atoms with Crippen molar-refractivity contribution in [3.63, 3.8) is 0 Å². The standard InChI is InChI=1S/C15H20N2O2/c1-18-14-3-2-13-4-5-17(15(13)12-14)7-6-16-8-10-19-11-9-16/h2-5,12H,6-11H2,1H3. The zero-order valence-electron chi connectivity index (χ0n) is 11.3. The second-order valence-electron chi connectivity index (χ2n) is 4.89. The maximum Gasteiger partial charge on any atom is 0.120 e. The maximum atomic E-state index is 5.37. The molecule has 102 valence electrons. The lowest BCUT2D eigenvalue weighted by Crippen LogP contribution is -2.38. The van der Waals surface area contributed by atoms with Crippen molar-refractivity contribution in [1.82, 2.24) is 9.47 Å². The Morgan fingerprint density at radius 2 is 2.00 bits per heavy atom. The quantitative estimate of drug-likeness (QED) is 0.841. The lowest BCUT2D eigenvalue weighted by molar-refractivity contribution is 0.0365. The van der Waals surface area contributed by atoms with Crippen molar-refractivity contribution in [1.29, 1.82) is 0 Å². The van der Waals surface area contributed by atoms with Crippen molar-refractivity contribution in [2.24, 2.45) is 0 Å². The highest BCUT2D eigenvalue weighted by atomic mass is 16.5. The minimum Gasteiger partial charge on any atom is -0.497 e. The fraction of sp³-hybridized carbons (Fsp3) is 0.467. The van der Waals surface area contributed by atoms with Gasteiger partial charge >= 0.3 is 0 Å². The van der Waals surface area contributed by atoms with Gasteiger partial charge in [-0.3, -0.25) is 4.90 Å². The van der Waals surface area contributed by atoms with Gasteiger partial charge in [0.15, 0.2) is 0 Å². The third-order valence-corrected chi connectivity index (χ3v) is 3.74. The SMILES string of the molecule is COc1ccc2ccn(CCN3CCOCC3)c2c1. The molecule has 2 heterocycles. The third-order valence-electron chi connectivity index (χ3n) is 3.74. The predicted octanol–water partition coefficient (Wildman–Crippen LogP) is 1.98. The van der Waals surface area contributed by atoms with Crippen molar-refractivity contribution in [2.75, 3.05) is 40.0 Å². The van der Waals surface area contributed by atoms with Crippen molar-refractivity contribution < 1.29 is 9.47 Å². The van der Waals surface area contributed by atoms with Gasteiger partial charge in [0.25, 0.3) is 0 Å². The first-order valence-corrected chi connectivity index (χ1v) is 6.80. The summed E-state index contributed by atoms with van der Waals surface area (Å²) in [5, 5.41) is 1.27. The monoisotopic (exact) mass is 260 g/mol. The summed E-state index contributed by atoms with van der Waals surface area (Å²) in [6, 6.07) is 8.39. The summed E-state index contributed by atoms with van der Waals surface area (Å²) in [7, 11) is 1.71. The van der Waals surface area contributed by atoms with Gasteiger partial charge in [0.2, 0.25) is 0 Å². The molecule has 3 rings (SSSR count). The Kier molecular flexibility index (Phi) is 3.71. The van der Waals surface area contributed by atoms with Crippen LogP contribution in [0.15, 0.2) is 30.5 Å². The molecule has 1 fully saturated rings. The molecular formula is C15H20N2O2. The van der Waals surface area contributed by atoms with Crippen LogP contribution in [-0.2, 0) is 11.3 Å². The van der Waals surface area contributed by atoms with E-state index < -0.39 is 0 Å².